The lowest BCUT2D eigenvalue weighted by atomic mass is 10.2. The molecule has 3 rings (SSSR count). The number of halogens is 1. The number of carboxylic acid groups (broad SMARTS) is 1. The van der Waals surface area contributed by atoms with E-state index in [4.69, 9.17) is 4.74 Å². The van der Waals surface area contributed by atoms with Crippen molar-refractivity contribution < 1.29 is 14.6 Å². The van der Waals surface area contributed by atoms with Crippen LogP contribution in [0, 0.1) is 0 Å². The number of ether oxygens (including phenoxy) is 1. The molecular weight excluding hydrogens is 338 g/mol. The van der Waals surface area contributed by atoms with E-state index < -0.39 is 5.97 Å². The van der Waals surface area contributed by atoms with Gasteiger partial charge >= 0.3 is 5.97 Å². The standard InChI is InChI=1S/C14H10BrN3O3/c1-21-11-6-5-10-12(14(19)20)17-18(13(10)16-11)9-4-2-3-8(15)7-9/h2-7H,1H3,(H,19,20). The number of pyridine rings is 1. The number of carbonyl (C=O) groups is 1. The molecule has 0 unspecified atom stereocenters. The maximum absolute atomic E-state index is 11.3. The first-order valence-electron chi connectivity index (χ1n) is 6.03. The molecule has 0 amide bonds. The number of aromatic carboxylic acids is 1. The van der Waals surface area contributed by atoms with E-state index >= 15 is 0 Å². The summed E-state index contributed by atoms with van der Waals surface area (Å²) in [5.41, 5.74) is 1.10. The Morgan fingerprint density at radius 3 is 2.81 bits per heavy atom. The van der Waals surface area contributed by atoms with Gasteiger partial charge in [-0.15, -0.1) is 0 Å². The summed E-state index contributed by atoms with van der Waals surface area (Å²) in [5.74, 6) is -0.698. The number of rotatable bonds is 3. The third kappa shape index (κ3) is 2.36. The minimum atomic E-state index is -1.10. The van der Waals surface area contributed by atoms with Crippen molar-refractivity contribution in [1.82, 2.24) is 14.8 Å². The Balaban J connectivity index is 2.33. The highest BCUT2D eigenvalue weighted by Crippen LogP contribution is 2.24. The number of hydrogen-bond acceptors (Lipinski definition) is 4. The van der Waals surface area contributed by atoms with Gasteiger partial charge in [0.25, 0.3) is 0 Å². The Bertz CT molecular complexity index is 845. The lowest BCUT2D eigenvalue weighted by molar-refractivity contribution is 0.0692. The molecule has 21 heavy (non-hydrogen) atoms. The van der Waals surface area contributed by atoms with E-state index in [0.717, 1.165) is 4.47 Å². The van der Waals surface area contributed by atoms with Gasteiger partial charge in [0.2, 0.25) is 5.88 Å². The van der Waals surface area contributed by atoms with Gasteiger partial charge in [-0.25, -0.2) is 9.48 Å². The first-order valence-corrected chi connectivity index (χ1v) is 6.82. The lowest BCUT2D eigenvalue weighted by Crippen LogP contribution is -2.01. The third-order valence-corrected chi connectivity index (χ3v) is 3.46. The van der Waals surface area contributed by atoms with E-state index in [2.05, 4.69) is 26.0 Å². The highest BCUT2D eigenvalue weighted by atomic mass is 79.9. The summed E-state index contributed by atoms with van der Waals surface area (Å²) in [7, 11) is 1.51. The van der Waals surface area contributed by atoms with Crippen LogP contribution in [-0.2, 0) is 0 Å². The molecule has 0 saturated carbocycles. The second-order valence-electron chi connectivity index (χ2n) is 4.27. The minimum absolute atomic E-state index is 0.0415. The molecule has 1 N–H and O–H groups in total. The molecule has 1 aromatic carbocycles. The quantitative estimate of drug-likeness (QED) is 0.788. The zero-order valence-corrected chi connectivity index (χ0v) is 12.5. The molecule has 106 valence electrons. The van der Waals surface area contributed by atoms with Gasteiger partial charge in [0.1, 0.15) is 0 Å². The number of benzene rings is 1. The fourth-order valence-corrected chi connectivity index (χ4v) is 2.43. The maximum atomic E-state index is 11.3. The van der Waals surface area contributed by atoms with E-state index in [1.165, 1.54) is 11.8 Å². The summed E-state index contributed by atoms with van der Waals surface area (Å²) in [6, 6.07) is 10.6. The summed E-state index contributed by atoms with van der Waals surface area (Å²) in [6.07, 6.45) is 0. The van der Waals surface area contributed by atoms with Crippen LogP contribution in [0.3, 0.4) is 0 Å². The van der Waals surface area contributed by atoms with Crippen molar-refractivity contribution in [3.63, 3.8) is 0 Å². The average molecular weight is 348 g/mol. The van der Waals surface area contributed by atoms with Crippen molar-refractivity contribution in [3.05, 3.63) is 46.6 Å². The zero-order valence-electron chi connectivity index (χ0n) is 10.9. The second kappa shape index (κ2) is 5.17. The van der Waals surface area contributed by atoms with Crippen molar-refractivity contribution in [2.45, 2.75) is 0 Å². The third-order valence-electron chi connectivity index (χ3n) is 2.97. The van der Waals surface area contributed by atoms with Gasteiger partial charge in [-0.1, -0.05) is 22.0 Å². The predicted octanol–water partition coefficient (Wildman–Crippen LogP) is 2.89. The second-order valence-corrected chi connectivity index (χ2v) is 5.19. The smallest absolute Gasteiger partial charge is 0.357 e. The zero-order chi connectivity index (χ0) is 15.0. The predicted molar refractivity (Wildman–Crippen MR) is 80.1 cm³/mol. The van der Waals surface area contributed by atoms with Gasteiger partial charge < -0.3 is 9.84 Å². The Kier molecular flexibility index (Phi) is 3.34. The topological polar surface area (TPSA) is 77.2 Å². The van der Waals surface area contributed by atoms with Gasteiger partial charge in [-0.3, -0.25) is 0 Å². The summed E-state index contributed by atoms with van der Waals surface area (Å²) < 4.78 is 7.45. The molecule has 0 spiro atoms. The molecule has 0 aliphatic carbocycles. The number of methoxy groups -OCH3 is 1. The number of fused-ring (bicyclic) bond motifs is 1. The molecule has 0 fully saturated rings. The maximum Gasteiger partial charge on any atom is 0.357 e. The van der Waals surface area contributed by atoms with Gasteiger partial charge in [-0.2, -0.15) is 10.1 Å². The van der Waals surface area contributed by atoms with Gasteiger partial charge in [0.15, 0.2) is 11.3 Å². The van der Waals surface area contributed by atoms with Gasteiger partial charge in [0.05, 0.1) is 18.2 Å². The van der Waals surface area contributed by atoms with E-state index in [1.807, 2.05) is 24.3 Å². The molecule has 6 nitrogen and oxygen atoms in total. The first kappa shape index (κ1) is 13.6. The van der Waals surface area contributed by atoms with Crippen LogP contribution in [-0.4, -0.2) is 33.0 Å². The first-order chi connectivity index (χ1) is 10.1. The number of nitrogens with zero attached hydrogens (tertiary/aromatic N) is 3. The van der Waals surface area contributed by atoms with Crippen molar-refractivity contribution in [2.75, 3.05) is 7.11 Å². The highest BCUT2D eigenvalue weighted by Gasteiger charge is 2.19. The van der Waals surface area contributed by atoms with Crippen molar-refractivity contribution in [2.24, 2.45) is 0 Å². The van der Waals surface area contributed by atoms with Crippen LogP contribution in [0.15, 0.2) is 40.9 Å². The monoisotopic (exact) mass is 347 g/mol. The fraction of sp³-hybridized carbons (Fsp3) is 0.0714. The van der Waals surface area contributed by atoms with Crippen LogP contribution in [0.2, 0.25) is 0 Å². The molecule has 0 bridgehead atoms. The van der Waals surface area contributed by atoms with E-state index in [9.17, 15) is 9.90 Å². The Morgan fingerprint density at radius 1 is 1.33 bits per heavy atom. The van der Waals surface area contributed by atoms with Crippen LogP contribution in [0.1, 0.15) is 10.5 Å². The highest BCUT2D eigenvalue weighted by molar-refractivity contribution is 9.10. The molecule has 0 atom stereocenters. The van der Waals surface area contributed by atoms with Gasteiger partial charge in [0, 0.05) is 10.5 Å². The van der Waals surface area contributed by atoms with E-state index in [1.54, 1.807) is 12.1 Å². The number of carboxylic acids is 1. The Hall–Kier alpha value is -2.41. The van der Waals surface area contributed by atoms with E-state index in [-0.39, 0.29) is 5.69 Å². The molecule has 0 aliphatic heterocycles. The summed E-state index contributed by atoms with van der Waals surface area (Å²) in [6.45, 7) is 0. The Labute approximate surface area is 128 Å². The molecule has 7 heteroatoms. The normalized spacial score (nSPS) is 10.8. The fourth-order valence-electron chi connectivity index (χ4n) is 2.04. The molecule has 2 aromatic heterocycles. The number of aromatic nitrogens is 3. The van der Waals surface area contributed by atoms with Crippen LogP contribution in [0.25, 0.3) is 16.7 Å². The van der Waals surface area contributed by atoms with Crippen LogP contribution < -0.4 is 4.74 Å². The van der Waals surface area contributed by atoms with Crippen molar-refractivity contribution in [1.29, 1.82) is 0 Å². The van der Waals surface area contributed by atoms with Crippen LogP contribution in [0.5, 0.6) is 5.88 Å². The average Bonchev–Trinajstić information content (AvgIpc) is 2.86. The summed E-state index contributed by atoms with van der Waals surface area (Å²) >= 11 is 3.38. The molecule has 2 heterocycles. The van der Waals surface area contributed by atoms with Crippen LogP contribution in [0.4, 0.5) is 0 Å². The lowest BCUT2D eigenvalue weighted by Gasteiger charge is -2.04. The minimum Gasteiger partial charge on any atom is -0.481 e. The van der Waals surface area contributed by atoms with Crippen molar-refractivity contribution >= 4 is 32.9 Å². The number of hydrogen-bond donors (Lipinski definition) is 1. The molecular formula is C14H10BrN3O3. The largest absolute Gasteiger partial charge is 0.481 e. The summed E-state index contributed by atoms with van der Waals surface area (Å²) in [5, 5.41) is 13.9. The van der Waals surface area contributed by atoms with Crippen LogP contribution >= 0.6 is 15.9 Å². The molecule has 0 aliphatic rings. The van der Waals surface area contributed by atoms with Crippen molar-refractivity contribution in [3.8, 4) is 11.6 Å². The molecule has 0 radical (unpaired) electrons. The van der Waals surface area contributed by atoms with E-state index in [0.29, 0.717) is 22.6 Å². The molecule has 3 aromatic rings. The SMILES string of the molecule is COc1ccc2c(C(=O)O)nn(-c3cccc(Br)c3)c2n1. The Morgan fingerprint density at radius 2 is 2.14 bits per heavy atom. The van der Waals surface area contributed by atoms with Gasteiger partial charge in [-0.05, 0) is 24.3 Å². The molecule has 0 saturated heterocycles. The summed E-state index contributed by atoms with van der Waals surface area (Å²) in [4.78, 5) is 15.6.